The van der Waals surface area contributed by atoms with Crippen LogP contribution in [0.4, 0.5) is 0 Å². The molecule has 0 fully saturated rings. The highest BCUT2D eigenvalue weighted by molar-refractivity contribution is 5.86. The number of aromatic nitrogens is 4. The van der Waals surface area contributed by atoms with Gasteiger partial charge in [-0.1, -0.05) is 0 Å². The molecule has 0 bridgehead atoms. The Balaban J connectivity index is 1.77. The predicted octanol–water partition coefficient (Wildman–Crippen LogP) is 2.13. The lowest BCUT2D eigenvalue weighted by molar-refractivity contribution is 0.174. The molecule has 3 aromatic heterocycles. The van der Waals surface area contributed by atoms with Crippen molar-refractivity contribution in [3.63, 3.8) is 0 Å². The van der Waals surface area contributed by atoms with Crippen molar-refractivity contribution in [1.29, 1.82) is 0 Å². The number of rotatable bonds is 2. The van der Waals surface area contributed by atoms with Gasteiger partial charge in [0.1, 0.15) is 0 Å². The fourth-order valence-electron chi connectivity index (χ4n) is 3.20. The minimum absolute atomic E-state index is 0.181. The lowest BCUT2D eigenvalue weighted by Gasteiger charge is -2.05. The van der Waals surface area contributed by atoms with E-state index in [-0.39, 0.29) is 12.5 Å². The van der Waals surface area contributed by atoms with Gasteiger partial charge in [0.2, 0.25) is 6.79 Å². The molecule has 0 amide bonds. The maximum Gasteiger partial charge on any atom is 0.351 e. The van der Waals surface area contributed by atoms with Crippen LogP contribution in [0.3, 0.4) is 0 Å². The summed E-state index contributed by atoms with van der Waals surface area (Å²) in [6.07, 6.45) is 3.41. The van der Waals surface area contributed by atoms with Gasteiger partial charge in [0.15, 0.2) is 17.1 Å². The van der Waals surface area contributed by atoms with Crippen LogP contribution in [0.25, 0.3) is 16.6 Å². The van der Waals surface area contributed by atoms with E-state index in [1.54, 1.807) is 16.8 Å². The molecule has 0 saturated heterocycles. The number of benzene rings is 1. The van der Waals surface area contributed by atoms with Crippen LogP contribution in [-0.2, 0) is 6.54 Å². The summed E-state index contributed by atoms with van der Waals surface area (Å²) >= 11 is 0. The highest BCUT2D eigenvalue weighted by Gasteiger charge is 2.19. The third-order valence-electron chi connectivity index (χ3n) is 4.41. The van der Waals surface area contributed by atoms with Gasteiger partial charge in [0.05, 0.1) is 12.1 Å². The van der Waals surface area contributed by atoms with Crippen LogP contribution in [-0.4, -0.2) is 26.0 Å². The first-order valence-corrected chi connectivity index (χ1v) is 7.92. The standard InChI is InChI=1S/C18H14N4O3/c1-11-6-13-7-15-16(25-10-24-15)8-14(13)22-17(11)20-21(18(22)23)9-12-2-4-19-5-3-12/h2-8H,9-10H2,1H3. The molecule has 0 unspecified atom stereocenters. The second-order valence-corrected chi connectivity index (χ2v) is 6.05. The molecule has 124 valence electrons. The Labute approximate surface area is 142 Å². The number of aryl methyl sites for hydroxylation is 1. The van der Waals surface area contributed by atoms with Gasteiger partial charge < -0.3 is 9.47 Å². The Bertz CT molecular complexity index is 1180. The summed E-state index contributed by atoms with van der Waals surface area (Å²) in [5.41, 5.74) is 3.12. The van der Waals surface area contributed by atoms with E-state index in [9.17, 15) is 4.79 Å². The molecule has 7 nitrogen and oxygen atoms in total. The largest absolute Gasteiger partial charge is 0.454 e. The van der Waals surface area contributed by atoms with E-state index < -0.39 is 0 Å². The Morgan fingerprint density at radius 3 is 2.68 bits per heavy atom. The monoisotopic (exact) mass is 334 g/mol. The first-order chi connectivity index (χ1) is 12.2. The summed E-state index contributed by atoms with van der Waals surface area (Å²) in [6, 6.07) is 9.50. The minimum atomic E-state index is -0.181. The minimum Gasteiger partial charge on any atom is -0.454 e. The van der Waals surface area contributed by atoms with Crippen LogP contribution < -0.4 is 15.2 Å². The first kappa shape index (κ1) is 14.0. The molecule has 5 rings (SSSR count). The summed E-state index contributed by atoms with van der Waals surface area (Å²) in [5, 5.41) is 5.44. The zero-order chi connectivity index (χ0) is 17.0. The van der Waals surface area contributed by atoms with Gasteiger partial charge in [0.25, 0.3) is 0 Å². The molecule has 0 atom stereocenters. The molecule has 0 spiro atoms. The van der Waals surface area contributed by atoms with E-state index in [4.69, 9.17) is 9.47 Å². The van der Waals surface area contributed by atoms with E-state index in [0.717, 1.165) is 22.0 Å². The number of hydrogen-bond acceptors (Lipinski definition) is 5. The van der Waals surface area contributed by atoms with Crippen molar-refractivity contribution >= 4 is 16.6 Å². The highest BCUT2D eigenvalue weighted by Crippen LogP contribution is 2.36. The maximum absolute atomic E-state index is 13.0. The van der Waals surface area contributed by atoms with Crippen molar-refractivity contribution in [3.05, 3.63) is 64.3 Å². The number of nitrogens with zero attached hydrogens (tertiary/aromatic N) is 4. The van der Waals surface area contributed by atoms with Gasteiger partial charge in [-0.15, -0.1) is 5.10 Å². The molecule has 1 aliphatic rings. The molecule has 1 aliphatic heterocycles. The molecule has 0 radical (unpaired) electrons. The van der Waals surface area contributed by atoms with Gasteiger partial charge in [-0.2, -0.15) is 0 Å². The molecular formula is C18H14N4O3. The Hall–Kier alpha value is -3.35. The van der Waals surface area contributed by atoms with E-state index in [2.05, 4.69) is 10.1 Å². The van der Waals surface area contributed by atoms with Gasteiger partial charge >= 0.3 is 5.69 Å². The molecule has 4 heterocycles. The molecule has 1 aromatic carbocycles. The summed E-state index contributed by atoms with van der Waals surface area (Å²) in [4.78, 5) is 17.0. The Morgan fingerprint density at radius 1 is 1.12 bits per heavy atom. The number of hydrogen-bond donors (Lipinski definition) is 0. The van der Waals surface area contributed by atoms with Crippen molar-refractivity contribution in [3.8, 4) is 11.5 Å². The van der Waals surface area contributed by atoms with Gasteiger partial charge in [-0.25, -0.2) is 13.9 Å². The molecular weight excluding hydrogens is 320 g/mol. The first-order valence-electron chi connectivity index (χ1n) is 7.92. The second kappa shape index (κ2) is 5.07. The van der Waals surface area contributed by atoms with Gasteiger partial charge in [-0.3, -0.25) is 4.98 Å². The molecule has 25 heavy (non-hydrogen) atoms. The lowest BCUT2D eigenvalue weighted by atomic mass is 10.1. The van der Waals surface area contributed by atoms with Crippen LogP contribution in [0.5, 0.6) is 11.5 Å². The average molecular weight is 334 g/mol. The lowest BCUT2D eigenvalue weighted by Crippen LogP contribution is -2.22. The SMILES string of the molecule is Cc1cc2cc3c(cc2n2c(=O)n(Cc4ccncc4)nc12)OCO3. The van der Waals surface area contributed by atoms with Crippen molar-refractivity contribution in [2.45, 2.75) is 13.5 Å². The maximum atomic E-state index is 13.0. The van der Waals surface area contributed by atoms with E-state index in [0.29, 0.717) is 23.7 Å². The third kappa shape index (κ3) is 2.09. The highest BCUT2D eigenvalue weighted by atomic mass is 16.7. The summed E-state index contributed by atoms with van der Waals surface area (Å²) < 4.78 is 14.0. The van der Waals surface area contributed by atoms with Gasteiger partial charge in [-0.05, 0) is 42.3 Å². The van der Waals surface area contributed by atoms with Crippen LogP contribution in [0.15, 0.2) is 47.5 Å². The number of ether oxygens (including phenoxy) is 2. The molecule has 0 saturated carbocycles. The Kier molecular flexibility index (Phi) is 2.85. The topological polar surface area (TPSA) is 70.7 Å². The van der Waals surface area contributed by atoms with Crippen LogP contribution in [0.2, 0.25) is 0 Å². The smallest absolute Gasteiger partial charge is 0.351 e. The zero-order valence-corrected chi connectivity index (χ0v) is 13.5. The fourth-order valence-corrected chi connectivity index (χ4v) is 3.20. The van der Waals surface area contributed by atoms with Crippen molar-refractivity contribution in [1.82, 2.24) is 19.2 Å². The average Bonchev–Trinajstić information content (AvgIpc) is 3.20. The number of pyridine rings is 2. The molecule has 7 heteroatoms. The van der Waals surface area contributed by atoms with Crippen molar-refractivity contribution < 1.29 is 9.47 Å². The van der Waals surface area contributed by atoms with E-state index in [1.807, 2.05) is 37.3 Å². The normalized spacial score (nSPS) is 13.0. The predicted molar refractivity (Wildman–Crippen MR) is 91.2 cm³/mol. The quantitative estimate of drug-likeness (QED) is 0.562. The zero-order valence-electron chi connectivity index (χ0n) is 13.5. The Morgan fingerprint density at radius 2 is 1.88 bits per heavy atom. The fraction of sp³-hybridized carbons (Fsp3) is 0.167. The van der Waals surface area contributed by atoms with Crippen LogP contribution in [0.1, 0.15) is 11.1 Å². The van der Waals surface area contributed by atoms with Gasteiger partial charge in [0, 0.05) is 23.8 Å². The van der Waals surface area contributed by atoms with Crippen LogP contribution >= 0.6 is 0 Å². The molecule has 4 aromatic rings. The molecule has 0 aliphatic carbocycles. The van der Waals surface area contributed by atoms with E-state index >= 15 is 0 Å². The number of fused-ring (bicyclic) bond motifs is 4. The van der Waals surface area contributed by atoms with Crippen LogP contribution in [0, 0.1) is 6.92 Å². The molecule has 0 N–H and O–H groups in total. The summed E-state index contributed by atoms with van der Waals surface area (Å²) in [6.45, 7) is 2.54. The summed E-state index contributed by atoms with van der Waals surface area (Å²) in [7, 11) is 0. The summed E-state index contributed by atoms with van der Waals surface area (Å²) in [5.74, 6) is 1.34. The van der Waals surface area contributed by atoms with E-state index in [1.165, 1.54) is 4.68 Å². The van der Waals surface area contributed by atoms with Crippen molar-refractivity contribution in [2.24, 2.45) is 0 Å². The van der Waals surface area contributed by atoms with Crippen molar-refractivity contribution in [2.75, 3.05) is 6.79 Å². The third-order valence-corrected chi connectivity index (χ3v) is 4.41. The second-order valence-electron chi connectivity index (χ2n) is 6.05.